The number of amides is 2. The van der Waals surface area contributed by atoms with Gasteiger partial charge in [-0.1, -0.05) is 41.5 Å². The molecule has 8 heteroatoms. The Morgan fingerprint density at radius 3 is 2.52 bits per heavy atom. The third-order valence-electron chi connectivity index (χ3n) is 5.69. The second kappa shape index (κ2) is 9.10. The molecule has 0 aliphatic carbocycles. The normalized spacial score (nSPS) is 17.5. The van der Waals surface area contributed by atoms with E-state index < -0.39 is 0 Å². The first-order valence-corrected chi connectivity index (χ1v) is 12.0. The summed E-state index contributed by atoms with van der Waals surface area (Å²) in [6.45, 7) is 16.2. The molecule has 3 heterocycles. The summed E-state index contributed by atoms with van der Waals surface area (Å²) >= 11 is 1.55. The van der Waals surface area contributed by atoms with Crippen molar-refractivity contribution in [2.45, 2.75) is 72.8 Å². The van der Waals surface area contributed by atoms with Gasteiger partial charge in [0.25, 0.3) is 5.91 Å². The first-order valence-electron chi connectivity index (χ1n) is 11.1. The van der Waals surface area contributed by atoms with E-state index in [1.54, 1.807) is 22.2 Å². The van der Waals surface area contributed by atoms with E-state index in [2.05, 4.69) is 45.1 Å². The number of hydrogen-bond acceptors (Lipinski definition) is 5. The molecule has 0 aromatic carbocycles. The largest absolute Gasteiger partial charge is 0.336 e. The summed E-state index contributed by atoms with van der Waals surface area (Å²) < 4.78 is 1.80. The lowest BCUT2D eigenvalue weighted by Gasteiger charge is -2.40. The van der Waals surface area contributed by atoms with Crippen LogP contribution in [0.5, 0.6) is 0 Å². The molecule has 1 unspecified atom stereocenters. The van der Waals surface area contributed by atoms with Gasteiger partial charge in [0.1, 0.15) is 0 Å². The van der Waals surface area contributed by atoms with E-state index in [0.29, 0.717) is 44.0 Å². The molecule has 1 saturated heterocycles. The van der Waals surface area contributed by atoms with Crippen molar-refractivity contribution < 1.29 is 9.59 Å². The van der Waals surface area contributed by atoms with E-state index in [1.807, 2.05) is 23.6 Å². The standard InChI is InChI=1S/C23H35N5O2S/c1-8-18-17(12-24-28(18)22-25-19(14-31-22)23(5,6)7)21(30)26-9-10-27(16(4)13-26)20(29)11-15(2)3/h12,14-16H,8-11,13H2,1-7H3. The highest BCUT2D eigenvalue weighted by molar-refractivity contribution is 7.12. The molecular formula is C23H35N5O2S. The molecule has 0 radical (unpaired) electrons. The minimum Gasteiger partial charge on any atom is -0.336 e. The van der Waals surface area contributed by atoms with Gasteiger partial charge in [-0.25, -0.2) is 9.67 Å². The van der Waals surface area contributed by atoms with Crippen LogP contribution in [0.4, 0.5) is 0 Å². The van der Waals surface area contributed by atoms with Crippen LogP contribution in [0.3, 0.4) is 0 Å². The van der Waals surface area contributed by atoms with Gasteiger partial charge in [-0.05, 0) is 19.3 Å². The van der Waals surface area contributed by atoms with Gasteiger partial charge in [0, 0.05) is 42.9 Å². The maximum atomic E-state index is 13.3. The fourth-order valence-electron chi connectivity index (χ4n) is 3.91. The van der Waals surface area contributed by atoms with Crippen LogP contribution in [0, 0.1) is 5.92 Å². The van der Waals surface area contributed by atoms with Gasteiger partial charge < -0.3 is 9.80 Å². The van der Waals surface area contributed by atoms with Crippen LogP contribution in [0.1, 0.15) is 76.6 Å². The SMILES string of the molecule is CCc1c(C(=O)N2CCN(C(=O)CC(C)C)C(C)C2)cnn1-c1nc(C(C)(C)C)cs1. The molecule has 2 aromatic rings. The fourth-order valence-corrected chi connectivity index (χ4v) is 4.94. The van der Waals surface area contributed by atoms with Gasteiger partial charge in [0.05, 0.1) is 23.1 Å². The molecule has 31 heavy (non-hydrogen) atoms. The van der Waals surface area contributed by atoms with Crippen molar-refractivity contribution in [2.24, 2.45) is 5.92 Å². The maximum Gasteiger partial charge on any atom is 0.257 e. The van der Waals surface area contributed by atoms with Gasteiger partial charge in [-0.2, -0.15) is 5.10 Å². The lowest BCUT2D eigenvalue weighted by molar-refractivity contribution is -0.136. The summed E-state index contributed by atoms with van der Waals surface area (Å²) in [5.74, 6) is 0.496. The Morgan fingerprint density at radius 2 is 1.97 bits per heavy atom. The highest BCUT2D eigenvalue weighted by Gasteiger charge is 2.32. The van der Waals surface area contributed by atoms with E-state index in [4.69, 9.17) is 4.98 Å². The van der Waals surface area contributed by atoms with Crippen LogP contribution >= 0.6 is 11.3 Å². The lowest BCUT2D eigenvalue weighted by atomic mass is 9.93. The van der Waals surface area contributed by atoms with Crippen molar-refractivity contribution in [1.29, 1.82) is 0 Å². The minimum atomic E-state index is -0.0320. The molecule has 7 nitrogen and oxygen atoms in total. The first-order chi connectivity index (χ1) is 14.5. The summed E-state index contributed by atoms with van der Waals surface area (Å²) in [4.78, 5) is 34.4. The molecule has 1 fully saturated rings. The number of carbonyl (C=O) groups is 2. The van der Waals surface area contributed by atoms with Crippen molar-refractivity contribution in [3.05, 3.63) is 28.5 Å². The predicted molar refractivity (Wildman–Crippen MR) is 124 cm³/mol. The van der Waals surface area contributed by atoms with Crippen molar-refractivity contribution in [3.8, 4) is 5.13 Å². The lowest BCUT2D eigenvalue weighted by Crippen LogP contribution is -2.55. The topological polar surface area (TPSA) is 71.3 Å². The van der Waals surface area contributed by atoms with Gasteiger partial charge in [-0.3, -0.25) is 9.59 Å². The molecule has 1 aliphatic rings. The average molecular weight is 446 g/mol. The van der Waals surface area contributed by atoms with E-state index >= 15 is 0 Å². The van der Waals surface area contributed by atoms with Crippen LogP contribution in [-0.2, 0) is 16.6 Å². The third kappa shape index (κ3) is 5.00. The Hall–Kier alpha value is -2.22. The van der Waals surface area contributed by atoms with Crippen molar-refractivity contribution >= 4 is 23.2 Å². The van der Waals surface area contributed by atoms with E-state index in [1.165, 1.54) is 0 Å². The second-order valence-corrected chi connectivity index (χ2v) is 10.7. The molecule has 1 atom stereocenters. The summed E-state index contributed by atoms with van der Waals surface area (Å²) in [6, 6.07) is 0.0115. The number of hydrogen-bond donors (Lipinski definition) is 0. The molecule has 0 N–H and O–H groups in total. The zero-order chi connectivity index (χ0) is 22.9. The molecule has 0 saturated carbocycles. The van der Waals surface area contributed by atoms with Crippen molar-refractivity contribution in [1.82, 2.24) is 24.6 Å². The number of nitrogens with zero attached hydrogens (tertiary/aromatic N) is 5. The molecule has 2 amide bonds. The van der Waals surface area contributed by atoms with Crippen molar-refractivity contribution in [3.63, 3.8) is 0 Å². The molecule has 1 aliphatic heterocycles. The van der Waals surface area contributed by atoms with Crippen LogP contribution in [0.2, 0.25) is 0 Å². The van der Waals surface area contributed by atoms with Crippen molar-refractivity contribution in [2.75, 3.05) is 19.6 Å². The minimum absolute atomic E-state index is 0.0115. The van der Waals surface area contributed by atoms with E-state index in [0.717, 1.165) is 16.5 Å². The second-order valence-electron chi connectivity index (χ2n) is 9.82. The van der Waals surface area contributed by atoms with Crippen LogP contribution < -0.4 is 0 Å². The predicted octanol–water partition coefficient (Wildman–Crippen LogP) is 3.91. The molecular weight excluding hydrogens is 410 g/mol. The Labute approximate surface area is 189 Å². The Morgan fingerprint density at radius 1 is 1.26 bits per heavy atom. The zero-order valence-corrected chi connectivity index (χ0v) is 20.6. The van der Waals surface area contributed by atoms with E-state index in [9.17, 15) is 9.59 Å². The number of aromatic nitrogens is 3. The average Bonchev–Trinajstić information content (AvgIpc) is 3.33. The zero-order valence-electron chi connectivity index (χ0n) is 19.8. The smallest absolute Gasteiger partial charge is 0.257 e. The number of thiazole rings is 1. The first kappa shape index (κ1) is 23.4. The number of carbonyl (C=O) groups excluding carboxylic acids is 2. The Balaban J connectivity index is 1.77. The summed E-state index contributed by atoms with van der Waals surface area (Å²) in [7, 11) is 0. The molecule has 0 bridgehead atoms. The monoisotopic (exact) mass is 445 g/mol. The quantitative estimate of drug-likeness (QED) is 0.700. The van der Waals surface area contributed by atoms with Gasteiger partial charge in [0.2, 0.25) is 11.0 Å². The molecule has 0 spiro atoms. The van der Waals surface area contributed by atoms with Crippen LogP contribution in [-0.4, -0.2) is 62.1 Å². The fraction of sp³-hybridized carbons (Fsp3) is 0.652. The maximum absolute atomic E-state index is 13.3. The van der Waals surface area contributed by atoms with Gasteiger partial charge >= 0.3 is 0 Å². The third-order valence-corrected chi connectivity index (χ3v) is 6.51. The summed E-state index contributed by atoms with van der Waals surface area (Å²) in [5, 5.41) is 7.37. The molecule has 3 rings (SSSR count). The summed E-state index contributed by atoms with van der Waals surface area (Å²) in [6.07, 6.45) is 2.91. The highest BCUT2D eigenvalue weighted by Crippen LogP contribution is 2.27. The highest BCUT2D eigenvalue weighted by atomic mass is 32.1. The van der Waals surface area contributed by atoms with Gasteiger partial charge in [-0.15, -0.1) is 11.3 Å². The van der Waals surface area contributed by atoms with Gasteiger partial charge in [0.15, 0.2) is 0 Å². The number of rotatable bonds is 5. The Kier molecular flexibility index (Phi) is 6.88. The molecule has 170 valence electrons. The number of piperazine rings is 1. The van der Waals surface area contributed by atoms with E-state index in [-0.39, 0.29) is 23.3 Å². The van der Waals surface area contributed by atoms with Crippen LogP contribution in [0.15, 0.2) is 11.6 Å². The molecule has 2 aromatic heterocycles. The van der Waals surface area contributed by atoms with Crippen LogP contribution in [0.25, 0.3) is 5.13 Å². The summed E-state index contributed by atoms with van der Waals surface area (Å²) in [5.41, 5.74) is 2.50. The Bertz CT molecular complexity index is 940.